The maximum absolute atomic E-state index is 13.2. The van der Waals surface area contributed by atoms with E-state index in [9.17, 15) is 4.79 Å². The molecular weight excluding hydrogens is 318 g/mol. The molecule has 5 rings (SSSR count). The van der Waals surface area contributed by atoms with Gasteiger partial charge in [0.05, 0.1) is 0 Å². The van der Waals surface area contributed by atoms with Gasteiger partial charge in [0.25, 0.3) is 5.91 Å². The second-order valence-corrected chi connectivity index (χ2v) is 7.70. The van der Waals surface area contributed by atoms with Gasteiger partial charge in [0, 0.05) is 23.2 Å². The first-order valence-corrected chi connectivity index (χ1v) is 9.25. The number of anilines is 1. The summed E-state index contributed by atoms with van der Waals surface area (Å²) in [6, 6.07) is 24.9. The third-order valence-electron chi connectivity index (χ3n) is 5.97. The number of hydrogen-bond acceptors (Lipinski definition) is 1. The molecule has 0 radical (unpaired) electrons. The molecule has 0 spiro atoms. The van der Waals surface area contributed by atoms with Crippen molar-refractivity contribution in [1.29, 1.82) is 0 Å². The van der Waals surface area contributed by atoms with Gasteiger partial charge in [0.2, 0.25) is 0 Å². The van der Waals surface area contributed by atoms with E-state index < -0.39 is 0 Å². The van der Waals surface area contributed by atoms with Crippen LogP contribution in [0.4, 0.5) is 5.69 Å². The van der Waals surface area contributed by atoms with Crippen molar-refractivity contribution in [3.63, 3.8) is 0 Å². The molecule has 128 valence electrons. The Morgan fingerprint density at radius 1 is 0.846 bits per heavy atom. The fourth-order valence-electron chi connectivity index (χ4n) is 4.63. The number of nitrogens with zero attached hydrogens (tertiary/aromatic N) is 1. The molecule has 1 aliphatic carbocycles. The van der Waals surface area contributed by atoms with Gasteiger partial charge in [-0.1, -0.05) is 61.5 Å². The fourth-order valence-corrected chi connectivity index (χ4v) is 4.63. The second-order valence-electron chi connectivity index (χ2n) is 7.70. The highest BCUT2D eigenvalue weighted by Crippen LogP contribution is 2.45. The van der Waals surface area contributed by atoms with E-state index in [4.69, 9.17) is 0 Å². The van der Waals surface area contributed by atoms with E-state index >= 15 is 0 Å². The van der Waals surface area contributed by atoms with Crippen LogP contribution in [0.15, 0.2) is 72.8 Å². The first kappa shape index (κ1) is 15.4. The summed E-state index contributed by atoms with van der Waals surface area (Å²) >= 11 is 0. The molecule has 1 amide bonds. The summed E-state index contributed by atoms with van der Waals surface area (Å²) in [5.41, 5.74) is 6.97. The number of amides is 1. The van der Waals surface area contributed by atoms with Crippen molar-refractivity contribution in [1.82, 2.24) is 0 Å². The molecule has 2 aliphatic rings. The number of carbonyl (C=O) groups is 1. The quantitative estimate of drug-likeness (QED) is 0.627. The van der Waals surface area contributed by atoms with E-state index in [0.717, 1.165) is 30.6 Å². The maximum Gasteiger partial charge on any atom is 0.258 e. The molecule has 1 atom stereocenters. The molecule has 0 saturated heterocycles. The van der Waals surface area contributed by atoms with Gasteiger partial charge in [-0.25, -0.2) is 0 Å². The number of hydrogen-bond donors (Lipinski definition) is 0. The summed E-state index contributed by atoms with van der Waals surface area (Å²) in [4.78, 5) is 15.1. The molecule has 0 bridgehead atoms. The Morgan fingerprint density at radius 3 is 2.35 bits per heavy atom. The summed E-state index contributed by atoms with van der Waals surface area (Å²) in [5, 5.41) is 0. The van der Waals surface area contributed by atoms with Gasteiger partial charge in [-0.05, 0) is 53.3 Å². The Kier molecular flexibility index (Phi) is 3.30. The molecule has 0 fully saturated rings. The standard InChI is InChI=1S/C24H21NO/c1-24-15-14-19-8-5-9-21(22(19)24)23(26)25(16-24)20-12-10-18(11-13-20)17-6-3-2-4-7-17/h2-13H,14-16H2,1H3. The van der Waals surface area contributed by atoms with Gasteiger partial charge in [-0.15, -0.1) is 0 Å². The van der Waals surface area contributed by atoms with Crippen LogP contribution in [0.25, 0.3) is 11.1 Å². The van der Waals surface area contributed by atoms with Crippen molar-refractivity contribution in [2.75, 3.05) is 11.4 Å². The summed E-state index contributed by atoms with van der Waals surface area (Å²) in [6.45, 7) is 3.07. The first-order chi connectivity index (χ1) is 12.7. The summed E-state index contributed by atoms with van der Waals surface area (Å²) in [5.74, 6) is 0.133. The third kappa shape index (κ3) is 2.22. The lowest BCUT2D eigenvalue weighted by atomic mass is 9.77. The van der Waals surface area contributed by atoms with Crippen molar-refractivity contribution in [3.8, 4) is 11.1 Å². The van der Waals surface area contributed by atoms with Crippen LogP contribution in [-0.2, 0) is 11.8 Å². The Hall–Kier alpha value is -2.87. The summed E-state index contributed by atoms with van der Waals surface area (Å²) in [6.07, 6.45) is 2.19. The van der Waals surface area contributed by atoms with Crippen LogP contribution in [0, 0.1) is 0 Å². The lowest BCUT2D eigenvalue weighted by Crippen LogP contribution is -2.47. The minimum atomic E-state index is 0.0674. The monoisotopic (exact) mass is 339 g/mol. The Balaban J connectivity index is 1.53. The van der Waals surface area contributed by atoms with E-state index in [2.05, 4.69) is 49.4 Å². The van der Waals surface area contributed by atoms with Crippen LogP contribution < -0.4 is 4.90 Å². The average Bonchev–Trinajstić information content (AvgIpc) is 3.04. The molecule has 26 heavy (non-hydrogen) atoms. The van der Waals surface area contributed by atoms with E-state index in [1.807, 2.05) is 35.2 Å². The molecule has 1 unspecified atom stereocenters. The van der Waals surface area contributed by atoms with Crippen LogP contribution in [0.2, 0.25) is 0 Å². The van der Waals surface area contributed by atoms with Crippen molar-refractivity contribution >= 4 is 11.6 Å². The highest BCUT2D eigenvalue weighted by molar-refractivity contribution is 6.09. The van der Waals surface area contributed by atoms with Gasteiger partial charge in [-0.3, -0.25) is 4.79 Å². The van der Waals surface area contributed by atoms with Crippen LogP contribution in [0.3, 0.4) is 0 Å². The van der Waals surface area contributed by atoms with Crippen LogP contribution in [0.1, 0.15) is 34.8 Å². The van der Waals surface area contributed by atoms with Crippen LogP contribution in [-0.4, -0.2) is 12.5 Å². The average molecular weight is 339 g/mol. The van der Waals surface area contributed by atoms with Crippen molar-refractivity contribution in [2.45, 2.75) is 25.2 Å². The highest BCUT2D eigenvalue weighted by Gasteiger charge is 2.44. The molecule has 2 nitrogen and oxygen atoms in total. The number of aryl methyl sites for hydroxylation is 1. The summed E-state index contributed by atoms with van der Waals surface area (Å²) < 4.78 is 0. The minimum Gasteiger partial charge on any atom is -0.307 e. The van der Waals surface area contributed by atoms with E-state index in [1.165, 1.54) is 22.3 Å². The molecule has 2 heteroatoms. The van der Waals surface area contributed by atoms with E-state index in [1.54, 1.807) is 0 Å². The zero-order chi connectivity index (χ0) is 17.7. The van der Waals surface area contributed by atoms with Crippen LogP contribution in [0.5, 0.6) is 0 Å². The number of carbonyl (C=O) groups excluding carboxylic acids is 1. The molecule has 0 aromatic heterocycles. The van der Waals surface area contributed by atoms with Crippen LogP contribution >= 0.6 is 0 Å². The zero-order valence-electron chi connectivity index (χ0n) is 14.9. The molecular formula is C24H21NO. The number of rotatable bonds is 2. The molecule has 0 saturated carbocycles. The molecule has 3 aromatic rings. The van der Waals surface area contributed by atoms with Crippen molar-refractivity contribution in [3.05, 3.63) is 89.5 Å². The normalized spacial score (nSPS) is 21.0. The highest BCUT2D eigenvalue weighted by atomic mass is 16.2. The largest absolute Gasteiger partial charge is 0.307 e. The lowest BCUT2D eigenvalue weighted by molar-refractivity contribution is 0.0968. The molecule has 1 heterocycles. The predicted molar refractivity (Wildman–Crippen MR) is 106 cm³/mol. The van der Waals surface area contributed by atoms with Gasteiger partial charge in [-0.2, -0.15) is 0 Å². The second kappa shape index (κ2) is 5.57. The number of benzene rings is 3. The van der Waals surface area contributed by atoms with Gasteiger partial charge in [0.15, 0.2) is 0 Å². The van der Waals surface area contributed by atoms with Gasteiger partial charge >= 0.3 is 0 Å². The Bertz CT molecular complexity index is 990. The molecule has 3 aromatic carbocycles. The topological polar surface area (TPSA) is 20.3 Å². The Labute approximate surface area is 154 Å². The van der Waals surface area contributed by atoms with Gasteiger partial charge < -0.3 is 4.90 Å². The lowest BCUT2D eigenvalue weighted by Gasteiger charge is -2.39. The predicted octanol–water partition coefficient (Wildman–Crippen LogP) is 5.22. The van der Waals surface area contributed by atoms with Crippen molar-refractivity contribution in [2.24, 2.45) is 0 Å². The molecule has 0 N–H and O–H groups in total. The minimum absolute atomic E-state index is 0.0674. The smallest absolute Gasteiger partial charge is 0.258 e. The van der Waals surface area contributed by atoms with E-state index in [0.29, 0.717) is 0 Å². The molecule has 1 aliphatic heterocycles. The van der Waals surface area contributed by atoms with Crippen molar-refractivity contribution < 1.29 is 4.79 Å². The maximum atomic E-state index is 13.2. The van der Waals surface area contributed by atoms with E-state index in [-0.39, 0.29) is 11.3 Å². The fraction of sp³-hybridized carbons (Fsp3) is 0.208. The zero-order valence-corrected chi connectivity index (χ0v) is 14.9. The Morgan fingerprint density at radius 2 is 1.58 bits per heavy atom. The first-order valence-electron chi connectivity index (χ1n) is 9.25. The summed E-state index contributed by atoms with van der Waals surface area (Å²) in [7, 11) is 0. The SMILES string of the molecule is CC12CCc3cccc(c31)C(=O)N(c1ccc(-c3ccccc3)cc1)C2. The van der Waals surface area contributed by atoms with Gasteiger partial charge in [0.1, 0.15) is 0 Å². The third-order valence-corrected chi connectivity index (χ3v) is 5.97.